The highest BCUT2D eigenvalue weighted by Gasteiger charge is 2.30. The zero-order chi connectivity index (χ0) is 20.1. The lowest BCUT2D eigenvalue weighted by Gasteiger charge is -2.09. The van der Waals surface area contributed by atoms with E-state index in [1.165, 1.54) is 29.2 Å². The number of carbonyl (C=O) groups is 1. The molecule has 28 heavy (non-hydrogen) atoms. The number of halogens is 3. The van der Waals surface area contributed by atoms with Crippen LogP contribution < -0.4 is 5.32 Å². The standard InChI is InChI=1S/C19H12F3N5O/c20-19(21,22)14-5-4-6-15(10-14)25-18(28)13(11-23)9-16-12-24-27(26-16)17-7-2-1-3-8-17/h1-10,12H,(H,25,28)/b13-9-. The summed E-state index contributed by atoms with van der Waals surface area (Å²) in [7, 11) is 0. The molecule has 0 atom stereocenters. The Kier molecular flexibility index (Phi) is 5.22. The first kappa shape index (κ1) is 18.8. The molecule has 0 saturated heterocycles. The Bertz CT molecular complexity index is 1060. The van der Waals surface area contributed by atoms with Crippen molar-refractivity contribution in [2.24, 2.45) is 0 Å². The van der Waals surface area contributed by atoms with Crippen LogP contribution >= 0.6 is 0 Å². The highest BCUT2D eigenvalue weighted by atomic mass is 19.4. The first-order chi connectivity index (χ1) is 13.4. The van der Waals surface area contributed by atoms with Gasteiger partial charge >= 0.3 is 6.18 Å². The first-order valence-electron chi connectivity index (χ1n) is 7.95. The topological polar surface area (TPSA) is 83.6 Å². The van der Waals surface area contributed by atoms with E-state index in [0.29, 0.717) is 5.69 Å². The lowest BCUT2D eigenvalue weighted by Crippen LogP contribution is -2.14. The largest absolute Gasteiger partial charge is 0.416 e. The molecule has 0 unspecified atom stereocenters. The van der Waals surface area contributed by atoms with Crippen LogP contribution in [0.1, 0.15) is 11.3 Å². The van der Waals surface area contributed by atoms with E-state index in [-0.39, 0.29) is 17.0 Å². The van der Waals surface area contributed by atoms with Crippen LogP contribution in [0.5, 0.6) is 0 Å². The van der Waals surface area contributed by atoms with Gasteiger partial charge in [-0.15, -0.1) is 5.10 Å². The number of para-hydroxylation sites is 1. The lowest BCUT2D eigenvalue weighted by atomic mass is 10.1. The number of aromatic nitrogens is 3. The van der Waals surface area contributed by atoms with Crippen LogP contribution in [0.15, 0.2) is 66.4 Å². The average Bonchev–Trinajstić information content (AvgIpc) is 3.15. The highest BCUT2D eigenvalue weighted by molar-refractivity contribution is 6.09. The molecule has 140 valence electrons. The fraction of sp³-hybridized carbons (Fsp3) is 0.0526. The van der Waals surface area contributed by atoms with Crippen LogP contribution in [0, 0.1) is 11.3 Å². The number of hydrogen-bond donors (Lipinski definition) is 1. The molecule has 6 nitrogen and oxygen atoms in total. The van der Waals surface area contributed by atoms with Gasteiger partial charge in [-0.25, -0.2) is 0 Å². The van der Waals surface area contributed by atoms with Crippen LogP contribution in [0.4, 0.5) is 18.9 Å². The maximum Gasteiger partial charge on any atom is 0.416 e. The number of anilines is 1. The van der Waals surface area contributed by atoms with E-state index < -0.39 is 17.6 Å². The molecule has 9 heteroatoms. The Morgan fingerprint density at radius 1 is 1.14 bits per heavy atom. The summed E-state index contributed by atoms with van der Waals surface area (Å²) in [6.45, 7) is 0. The van der Waals surface area contributed by atoms with Gasteiger partial charge in [0.2, 0.25) is 0 Å². The van der Waals surface area contributed by atoms with Gasteiger partial charge in [-0.05, 0) is 36.4 Å². The minimum Gasteiger partial charge on any atom is -0.321 e. The molecule has 0 radical (unpaired) electrons. The number of carbonyl (C=O) groups excluding carboxylic acids is 1. The Hall–Kier alpha value is -3.93. The number of nitrogens with one attached hydrogen (secondary N) is 1. The smallest absolute Gasteiger partial charge is 0.321 e. The summed E-state index contributed by atoms with van der Waals surface area (Å²) in [4.78, 5) is 13.6. The van der Waals surface area contributed by atoms with E-state index in [1.807, 2.05) is 6.07 Å². The van der Waals surface area contributed by atoms with Crippen molar-refractivity contribution >= 4 is 17.7 Å². The van der Waals surface area contributed by atoms with Gasteiger partial charge < -0.3 is 5.32 Å². The molecule has 1 aromatic heterocycles. The van der Waals surface area contributed by atoms with E-state index in [4.69, 9.17) is 0 Å². The lowest BCUT2D eigenvalue weighted by molar-refractivity contribution is -0.137. The summed E-state index contributed by atoms with van der Waals surface area (Å²) in [6.07, 6.45) is -1.97. The van der Waals surface area contributed by atoms with Crippen molar-refractivity contribution < 1.29 is 18.0 Å². The molecule has 3 aromatic rings. The molecule has 0 spiro atoms. The van der Waals surface area contributed by atoms with Crippen LogP contribution in [0.2, 0.25) is 0 Å². The first-order valence-corrected chi connectivity index (χ1v) is 7.95. The second kappa shape index (κ2) is 7.75. The van der Waals surface area contributed by atoms with Gasteiger partial charge in [0.05, 0.1) is 17.4 Å². The fourth-order valence-electron chi connectivity index (χ4n) is 2.29. The number of nitriles is 1. The third-order valence-corrected chi connectivity index (χ3v) is 3.60. The Morgan fingerprint density at radius 3 is 2.57 bits per heavy atom. The summed E-state index contributed by atoms with van der Waals surface area (Å²) >= 11 is 0. The summed E-state index contributed by atoms with van der Waals surface area (Å²) in [6, 6.07) is 14.9. The SMILES string of the molecule is N#C/C(=C/c1cnn(-c2ccccc2)n1)C(=O)Nc1cccc(C(F)(F)F)c1. The minimum atomic E-state index is -4.54. The second-order valence-corrected chi connectivity index (χ2v) is 5.60. The summed E-state index contributed by atoms with van der Waals surface area (Å²) in [5.41, 5.74) is -0.362. The van der Waals surface area contributed by atoms with Crippen LogP contribution in [0.25, 0.3) is 11.8 Å². The molecule has 1 amide bonds. The van der Waals surface area contributed by atoms with E-state index in [2.05, 4.69) is 15.5 Å². The normalized spacial score (nSPS) is 11.7. The van der Waals surface area contributed by atoms with Gasteiger partial charge in [-0.2, -0.15) is 28.3 Å². The van der Waals surface area contributed by atoms with Crippen molar-refractivity contribution in [3.05, 3.63) is 77.6 Å². The minimum absolute atomic E-state index is 0.0751. The van der Waals surface area contributed by atoms with Crippen molar-refractivity contribution in [2.45, 2.75) is 6.18 Å². The number of alkyl halides is 3. The predicted octanol–water partition coefficient (Wildman–Crippen LogP) is 3.83. The summed E-state index contributed by atoms with van der Waals surface area (Å²) in [5.74, 6) is -0.851. The average molecular weight is 383 g/mol. The van der Waals surface area contributed by atoms with Crippen molar-refractivity contribution in [1.29, 1.82) is 5.26 Å². The van der Waals surface area contributed by atoms with Gasteiger partial charge in [-0.1, -0.05) is 24.3 Å². The Labute approximate surface area is 157 Å². The van der Waals surface area contributed by atoms with Crippen molar-refractivity contribution in [3.63, 3.8) is 0 Å². The van der Waals surface area contributed by atoms with E-state index in [1.54, 1.807) is 30.3 Å². The van der Waals surface area contributed by atoms with Crippen LogP contribution in [-0.2, 0) is 11.0 Å². The molecule has 1 N–H and O–H groups in total. The maximum atomic E-state index is 12.8. The summed E-state index contributed by atoms with van der Waals surface area (Å²) < 4.78 is 38.3. The zero-order valence-electron chi connectivity index (χ0n) is 14.2. The molecular weight excluding hydrogens is 371 g/mol. The Morgan fingerprint density at radius 2 is 1.89 bits per heavy atom. The molecule has 2 aromatic carbocycles. The second-order valence-electron chi connectivity index (χ2n) is 5.60. The van der Waals surface area contributed by atoms with Crippen LogP contribution in [-0.4, -0.2) is 20.9 Å². The van der Waals surface area contributed by atoms with Crippen molar-refractivity contribution in [3.8, 4) is 11.8 Å². The molecular formula is C19H12F3N5O. The van der Waals surface area contributed by atoms with Crippen molar-refractivity contribution in [1.82, 2.24) is 15.0 Å². The zero-order valence-corrected chi connectivity index (χ0v) is 14.2. The number of hydrogen-bond acceptors (Lipinski definition) is 4. The third-order valence-electron chi connectivity index (χ3n) is 3.60. The molecule has 0 aliphatic rings. The fourth-order valence-corrected chi connectivity index (χ4v) is 2.29. The van der Waals surface area contributed by atoms with Gasteiger partial charge in [-0.3, -0.25) is 4.79 Å². The van der Waals surface area contributed by atoms with Crippen molar-refractivity contribution in [2.75, 3.05) is 5.32 Å². The molecule has 0 saturated carbocycles. The quantitative estimate of drug-likeness (QED) is 0.548. The molecule has 0 aliphatic carbocycles. The highest BCUT2D eigenvalue weighted by Crippen LogP contribution is 2.30. The van der Waals surface area contributed by atoms with E-state index >= 15 is 0 Å². The summed E-state index contributed by atoms with van der Waals surface area (Å²) in [5, 5.41) is 19.7. The number of nitrogens with zero attached hydrogens (tertiary/aromatic N) is 4. The number of amides is 1. The van der Waals surface area contributed by atoms with Gasteiger partial charge in [0, 0.05) is 5.69 Å². The van der Waals surface area contributed by atoms with Gasteiger partial charge in [0.25, 0.3) is 5.91 Å². The maximum absolute atomic E-state index is 12.8. The third kappa shape index (κ3) is 4.42. The monoisotopic (exact) mass is 383 g/mol. The van der Waals surface area contributed by atoms with Gasteiger partial charge in [0.1, 0.15) is 17.3 Å². The van der Waals surface area contributed by atoms with E-state index in [0.717, 1.165) is 12.1 Å². The Balaban J connectivity index is 1.79. The molecule has 0 bridgehead atoms. The van der Waals surface area contributed by atoms with Gasteiger partial charge in [0.15, 0.2) is 0 Å². The molecule has 1 heterocycles. The van der Waals surface area contributed by atoms with E-state index in [9.17, 15) is 23.2 Å². The molecule has 3 rings (SSSR count). The number of benzene rings is 2. The van der Waals surface area contributed by atoms with Crippen LogP contribution in [0.3, 0.4) is 0 Å². The predicted molar refractivity (Wildman–Crippen MR) is 95.0 cm³/mol. The molecule has 0 fully saturated rings. The molecule has 0 aliphatic heterocycles. The number of rotatable bonds is 4.